The van der Waals surface area contributed by atoms with Gasteiger partial charge in [-0.2, -0.15) is 17.0 Å². The molecule has 1 fully saturated rings. The van der Waals surface area contributed by atoms with Crippen molar-refractivity contribution in [1.29, 1.82) is 0 Å². The zero-order valence-corrected chi connectivity index (χ0v) is 17.2. The Morgan fingerprint density at radius 3 is 2.64 bits per heavy atom. The molecule has 0 radical (unpaired) electrons. The average Bonchev–Trinajstić information content (AvgIpc) is 2.70. The zero-order valence-electron chi connectivity index (χ0n) is 16.3. The van der Waals surface area contributed by atoms with E-state index in [1.54, 1.807) is 11.4 Å². The molecule has 1 aromatic heterocycles. The third kappa shape index (κ3) is 3.57. The van der Waals surface area contributed by atoms with Gasteiger partial charge in [0.05, 0.1) is 12.3 Å². The lowest BCUT2D eigenvalue weighted by atomic mass is 9.84. The highest BCUT2D eigenvalue weighted by atomic mass is 32.2. The van der Waals surface area contributed by atoms with Gasteiger partial charge in [-0.1, -0.05) is 30.3 Å². The van der Waals surface area contributed by atoms with E-state index in [4.69, 9.17) is 4.74 Å². The van der Waals surface area contributed by atoms with Crippen molar-refractivity contribution in [2.45, 2.75) is 38.3 Å². The second-order valence-corrected chi connectivity index (χ2v) is 9.57. The van der Waals surface area contributed by atoms with Gasteiger partial charge in [0.15, 0.2) is 0 Å². The predicted octanol–water partition coefficient (Wildman–Crippen LogP) is 2.03. The highest BCUT2D eigenvalue weighted by molar-refractivity contribution is 7.86. The van der Waals surface area contributed by atoms with Gasteiger partial charge in [-0.3, -0.25) is 0 Å². The van der Waals surface area contributed by atoms with Crippen molar-refractivity contribution in [2.24, 2.45) is 0 Å². The molecule has 0 aliphatic carbocycles. The van der Waals surface area contributed by atoms with Crippen LogP contribution in [0.3, 0.4) is 0 Å². The molecule has 1 saturated heterocycles. The first-order valence-corrected chi connectivity index (χ1v) is 11.0. The fourth-order valence-corrected chi connectivity index (χ4v) is 5.43. The Labute approximate surface area is 166 Å². The minimum absolute atomic E-state index is 0.358. The Morgan fingerprint density at radius 2 is 1.93 bits per heavy atom. The van der Waals surface area contributed by atoms with Gasteiger partial charge >= 0.3 is 0 Å². The van der Waals surface area contributed by atoms with Gasteiger partial charge in [0, 0.05) is 32.9 Å². The number of nitrogens with zero attached hydrogens (tertiary/aromatic N) is 4. The highest BCUT2D eigenvalue weighted by Gasteiger charge is 2.45. The zero-order chi connectivity index (χ0) is 19.8. The number of fused-ring (bicyclic) bond motifs is 2. The summed E-state index contributed by atoms with van der Waals surface area (Å²) in [5.41, 5.74) is 2.54. The summed E-state index contributed by atoms with van der Waals surface area (Å²) >= 11 is 0. The Kier molecular flexibility index (Phi) is 5.22. The molecule has 2 aliphatic heterocycles. The van der Waals surface area contributed by atoms with Crippen LogP contribution in [0, 0.1) is 6.92 Å². The van der Waals surface area contributed by atoms with Crippen molar-refractivity contribution in [1.82, 2.24) is 18.6 Å². The molecule has 2 aromatic rings. The lowest BCUT2D eigenvalue weighted by molar-refractivity contribution is -0.0930. The second kappa shape index (κ2) is 7.51. The minimum Gasteiger partial charge on any atom is -0.368 e. The molecule has 8 heteroatoms. The molecule has 1 spiro atoms. The third-order valence-corrected chi connectivity index (χ3v) is 7.60. The van der Waals surface area contributed by atoms with Gasteiger partial charge in [-0.25, -0.2) is 9.97 Å². The topological polar surface area (TPSA) is 75.6 Å². The fourth-order valence-electron chi connectivity index (χ4n) is 4.08. The molecule has 2 aliphatic rings. The first-order chi connectivity index (χ1) is 13.4. The van der Waals surface area contributed by atoms with Crippen LogP contribution in [0.1, 0.15) is 35.5 Å². The number of benzene rings is 1. The molecule has 4 rings (SSSR count). The molecule has 3 heterocycles. The summed E-state index contributed by atoms with van der Waals surface area (Å²) in [4.78, 5) is 8.96. The number of aryl methyl sites for hydroxylation is 1. The maximum Gasteiger partial charge on any atom is 0.282 e. The molecule has 7 nitrogen and oxygen atoms in total. The van der Waals surface area contributed by atoms with Gasteiger partial charge < -0.3 is 4.74 Å². The first kappa shape index (κ1) is 19.4. The molecular formula is C20H26N4O3S. The quantitative estimate of drug-likeness (QED) is 0.782. The lowest BCUT2D eigenvalue weighted by Gasteiger charge is -2.44. The van der Waals surface area contributed by atoms with Crippen molar-refractivity contribution in [3.8, 4) is 0 Å². The van der Waals surface area contributed by atoms with Crippen LogP contribution in [-0.4, -0.2) is 53.7 Å². The molecule has 0 N–H and O–H groups in total. The van der Waals surface area contributed by atoms with Gasteiger partial charge in [0.2, 0.25) is 0 Å². The normalized spacial score (nSPS) is 19.7. The van der Waals surface area contributed by atoms with Crippen molar-refractivity contribution in [3.63, 3.8) is 0 Å². The molecule has 0 bridgehead atoms. The minimum atomic E-state index is -3.52. The highest BCUT2D eigenvalue weighted by Crippen LogP contribution is 2.41. The van der Waals surface area contributed by atoms with Gasteiger partial charge in [0.1, 0.15) is 11.4 Å². The summed E-state index contributed by atoms with van der Waals surface area (Å²) in [6, 6.07) is 9.64. The predicted molar refractivity (Wildman–Crippen MR) is 106 cm³/mol. The Morgan fingerprint density at radius 1 is 1.21 bits per heavy atom. The lowest BCUT2D eigenvalue weighted by Crippen LogP contribution is -2.51. The van der Waals surface area contributed by atoms with E-state index in [9.17, 15) is 8.42 Å². The Bertz CT molecular complexity index is 941. The van der Waals surface area contributed by atoms with Crippen LogP contribution in [0.4, 0.5) is 0 Å². The molecule has 0 saturated carbocycles. The number of hydrogen-bond acceptors (Lipinski definition) is 5. The summed E-state index contributed by atoms with van der Waals surface area (Å²) in [6.45, 7) is 3.70. The fraction of sp³-hybridized carbons (Fsp3) is 0.500. The van der Waals surface area contributed by atoms with E-state index in [0.717, 1.165) is 29.1 Å². The molecular weight excluding hydrogens is 376 g/mol. The van der Waals surface area contributed by atoms with E-state index in [0.29, 0.717) is 39.1 Å². The summed E-state index contributed by atoms with van der Waals surface area (Å²) in [6.07, 6.45) is 3.90. The molecule has 0 unspecified atom stereocenters. The average molecular weight is 403 g/mol. The maximum absolute atomic E-state index is 13.0. The molecule has 1 aromatic carbocycles. The number of ether oxygens (including phenoxy) is 1. The number of hydrogen-bond donors (Lipinski definition) is 0. The van der Waals surface area contributed by atoms with Gasteiger partial charge in [-0.05, 0) is 37.3 Å². The largest absolute Gasteiger partial charge is 0.368 e. The first-order valence-electron chi connectivity index (χ1n) is 9.63. The van der Waals surface area contributed by atoms with Crippen molar-refractivity contribution in [2.75, 3.05) is 26.7 Å². The van der Waals surface area contributed by atoms with E-state index in [1.807, 2.05) is 43.5 Å². The molecule has 28 heavy (non-hydrogen) atoms. The standard InChI is InChI=1S/C20H26N4O3S/c1-16-21-14-18-8-13-27-20(19(18)22-16)9-11-24(12-10-20)28(25,26)23(2)15-17-6-4-3-5-7-17/h3-7,14H,8-13,15H2,1-2H3. The second-order valence-electron chi connectivity index (χ2n) is 7.53. The SMILES string of the molecule is Cc1ncc2c(n1)C1(CCN(S(=O)(=O)N(C)Cc3ccccc3)CC1)OCC2. The molecule has 0 atom stereocenters. The van der Waals surface area contributed by atoms with Crippen molar-refractivity contribution in [3.05, 3.63) is 59.2 Å². The van der Waals surface area contributed by atoms with E-state index in [-0.39, 0.29) is 0 Å². The van der Waals surface area contributed by atoms with Crippen molar-refractivity contribution >= 4 is 10.2 Å². The van der Waals surface area contributed by atoms with Crippen LogP contribution in [-0.2, 0) is 33.5 Å². The maximum atomic E-state index is 13.0. The summed E-state index contributed by atoms with van der Waals surface area (Å²) in [5.74, 6) is 0.723. The molecule has 0 amide bonds. The summed E-state index contributed by atoms with van der Waals surface area (Å²) < 4.78 is 35.3. The number of rotatable bonds is 4. The smallest absolute Gasteiger partial charge is 0.282 e. The van der Waals surface area contributed by atoms with Crippen LogP contribution in [0.5, 0.6) is 0 Å². The van der Waals surface area contributed by atoms with Crippen LogP contribution >= 0.6 is 0 Å². The van der Waals surface area contributed by atoms with E-state index in [2.05, 4.69) is 9.97 Å². The van der Waals surface area contributed by atoms with Crippen molar-refractivity contribution < 1.29 is 13.2 Å². The third-order valence-electron chi connectivity index (χ3n) is 5.66. The Balaban J connectivity index is 1.49. The van der Waals surface area contributed by atoms with Gasteiger partial charge in [-0.15, -0.1) is 0 Å². The van der Waals surface area contributed by atoms with Crippen LogP contribution in [0.2, 0.25) is 0 Å². The number of aromatic nitrogens is 2. The van der Waals surface area contributed by atoms with Crippen LogP contribution in [0.25, 0.3) is 0 Å². The van der Waals surface area contributed by atoms with Crippen LogP contribution < -0.4 is 0 Å². The summed E-state index contributed by atoms with van der Waals surface area (Å²) in [7, 11) is -1.89. The monoisotopic (exact) mass is 402 g/mol. The van der Waals surface area contributed by atoms with E-state index >= 15 is 0 Å². The van der Waals surface area contributed by atoms with E-state index in [1.165, 1.54) is 4.31 Å². The van der Waals surface area contributed by atoms with E-state index < -0.39 is 15.8 Å². The summed E-state index contributed by atoms with van der Waals surface area (Å²) in [5, 5.41) is 0. The molecule has 150 valence electrons. The van der Waals surface area contributed by atoms with Crippen LogP contribution in [0.15, 0.2) is 36.5 Å². The Hall–Kier alpha value is -1.87. The van der Waals surface area contributed by atoms with Gasteiger partial charge in [0.25, 0.3) is 10.2 Å². The number of piperidine rings is 1.